The Bertz CT molecular complexity index is 409. The van der Waals surface area contributed by atoms with Crippen molar-refractivity contribution in [1.82, 2.24) is 10.2 Å². The molecule has 20 heavy (non-hydrogen) atoms. The van der Waals surface area contributed by atoms with Crippen molar-refractivity contribution in [1.29, 1.82) is 0 Å². The predicted octanol–water partition coefficient (Wildman–Crippen LogP) is 3.20. The van der Waals surface area contributed by atoms with Crippen molar-refractivity contribution in [3.8, 4) is 5.75 Å². The minimum Gasteiger partial charge on any atom is -0.495 e. The van der Waals surface area contributed by atoms with Crippen LogP contribution in [0.3, 0.4) is 0 Å². The van der Waals surface area contributed by atoms with E-state index in [4.69, 9.17) is 16.3 Å². The summed E-state index contributed by atoms with van der Waals surface area (Å²) in [5.41, 5.74) is 1.24. The Balaban J connectivity index is 0.00000200. The number of methoxy groups -OCH3 is 1. The first-order valence-electron chi connectivity index (χ1n) is 6.90. The zero-order valence-electron chi connectivity index (χ0n) is 12.2. The number of hydrogen-bond acceptors (Lipinski definition) is 3. The monoisotopic (exact) mass is 318 g/mol. The molecule has 3 nitrogen and oxygen atoms in total. The maximum absolute atomic E-state index is 6.15. The van der Waals surface area contributed by atoms with Crippen LogP contribution in [0, 0.1) is 5.92 Å². The Hall–Kier alpha value is -0.480. The SMILES string of the molecule is COc1ccc(CN(C)CC2CCNCC2)cc1Cl.Cl. The summed E-state index contributed by atoms with van der Waals surface area (Å²) in [5, 5.41) is 4.10. The van der Waals surface area contributed by atoms with Crippen molar-refractivity contribution < 1.29 is 4.74 Å². The predicted molar refractivity (Wildman–Crippen MR) is 87.2 cm³/mol. The molecule has 1 heterocycles. The summed E-state index contributed by atoms with van der Waals surface area (Å²) >= 11 is 6.15. The van der Waals surface area contributed by atoms with Gasteiger partial charge in [-0.25, -0.2) is 0 Å². The molecule has 0 aliphatic carbocycles. The van der Waals surface area contributed by atoms with Crippen LogP contribution in [0.5, 0.6) is 5.75 Å². The summed E-state index contributed by atoms with van der Waals surface area (Å²) in [6.45, 7) is 4.42. The van der Waals surface area contributed by atoms with Crippen molar-refractivity contribution >= 4 is 24.0 Å². The van der Waals surface area contributed by atoms with Gasteiger partial charge in [-0.2, -0.15) is 0 Å². The number of piperidine rings is 1. The lowest BCUT2D eigenvalue weighted by atomic mass is 9.97. The summed E-state index contributed by atoms with van der Waals surface area (Å²) in [4.78, 5) is 2.38. The first kappa shape index (κ1) is 17.6. The molecule has 1 saturated heterocycles. The molecule has 2 rings (SSSR count). The van der Waals surface area contributed by atoms with E-state index in [9.17, 15) is 0 Å². The van der Waals surface area contributed by atoms with E-state index in [-0.39, 0.29) is 12.4 Å². The van der Waals surface area contributed by atoms with E-state index in [0.717, 1.165) is 37.8 Å². The summed E-state index contributed by atoms with van der Waals surface area (Å²) < 4.78 is 5.17. The molecular formula is C15H24Cl2N2O. The number of nitrogens with one attached hydrogen (secondary N) is 1. The maximum atomic E-state index is 6.15. The largest absolute Gasteiger partial charge is 0.495 e. The van der Waals surface area contributed by atoms with Crippen LogP contribution in [0.25, 0.3) is 0 Å². The van der Waals surface area contributed by atoms with Gasteiger partial charge < -0.3 is 15.0 Å². The summed E-state index contributed by atoms with van der Waals surface area (Å²) in [6.07, 6.45) is 2.57. The Morgan fingerprint density at radius 2 is 2.05 bits per heavy atom. The van der Waals surface area contributed by atoms with Crippen LogP contribution in [0.15, 0.2) is 18.2 Å². The third-order valence-electron chi connectivity index (χ3n) is 3.70. The van der Waals surface area contributed by atoms with E-state index in [1.54, 1.807) is 7.11 Å². The van der Waals surface area contributed by atoms with Crippen molar-refractivity contribution in [2.75, 3.05) is 33.8 Å². The molecule has 5 heteroatoms. The van der Waals surface area contributed by atoms with Crippen molar-refractivity contribution in [2.24, 2.45) is 5.92 Å². The van der Waals surface area contributed by atoms with E-state index in [1.807, 2.05) is 12.1 Å². The zero-order chi connectivity index (χ0) is 13.7. The molecule has 1 aliphatic heterocycles. The fraction of sp³-hybridized carbons (Fsp3) is 0.600. The number of nitrogens with zero attached hydrogens (tertiary/aromatic N) is 1. The Morgan fingerprint density at radius 1 is 1.35 bits per heavy atom. The van der Waals surface area contributed by atoms with Crippen LogP contribution < -0.4 is 10.1 Å². The average Bonchev–Trinajstić information content (AvgIpc) is 2.40. The standard InChI is InChI=1S/C15H23ClN2O.ClH/c1-18(10-12-5-7-17-8-6-12)11-13-3-4-15(19-2)14(16)9-13;/h3-4,9,12,17H,5-8,10-11H2,1-2H3;1H. The van der Waals surface area contributed by atoms with Crippen LogP contribution in [-0.4, -0.2) is 38.7 Å². The number of benzene rings is 1. The summed E-state index contributed by atoms with van der Waals surface area (Å²) in [7, 11) is 3.82. The first-order valence-corrected chi connectivity index (χ1v) is 7.28. The molecule has 114 valence electrons. The van der Waals surface area contributed by atoms with Crippen LogP contribution in [0.2, 0.25) is 5.02 Å². The van der Waals surface area contributed by atoms with Gasteiger partial charge in [0.05, 0.1) is 12.1 Å². The molecule has 0 radical (unpaired) electrons. The number of hydrogen-bond donors (Lipinski definition) is 1. The molecule has 0 atom stereocenters. The Kier molecular flexibility index (Phi) is 7.67. The van der Waals surface area contributed by atoms with E-state index < -0.39 is 0 Å². The van der Waals surface area contributed by atoms with Crippen LogP contribution in [0.4, 0.5) is 0 Å². The van der Waals surface area contributed by atoms with Crippen LogP contribution in [-0.2, 0) is 6.54 Å². The maximum Gasteiger partial charge on any atom is 0.137 e. The van der Waals surface area contributed by atoms with Crippen molar-refractivity contribution in [3.05, 3.63) is 28.8 Å². The third-order valence-corrected chi connectivity index (χ3v) is 3.99. The minimum absolute atomic E-state index is 0. The highest BCUT2D eigenvalue weighted by Crippen LogP contribution is 2.25. The molecule has 0 bridgehead atoms. The van der Waals surface area contributed by atoms with Gasteiger partial charge in [0, 0.05) is 13.1 Å². The van der Waals surface area contributed by atoms with Gasteiger partial charge in [-0.1, -0.05) is 17.7 Å². The third kappa shape index (κ3) is 5.13. The second-order valence-electron chi connectivity index (χ2n) is 5.36. The molecule has 0 saturated carbocycles. The highest BCUT2D eigenvalue weighted by molar-refractivity contribution is 6.32. The van der Waals surface area contributed by atoms with Gasteiger partial charge in [-0.3, -0.25) is 0 Å². The van der Waals surface area contributed by atoms with E-state index in [0.29, 0.717) is 5.02 Å². The van der Waals surface area contributed by atoms with Crippen LogP contribution in [0.1, 0.15) is 18.4 Å². The lowest BCUT2D eigenvalue weighted by Crippen LogP contribution is -2.34. The molecule has 1 aromatic rings. The second-order valence-corrected chi connectivity index (χ2v) is 5.77. The normalized spacial score (nSPS) is 16.0. The van der Waals surface area contributed by atoms with Gasteiger partial charge in [-0.05, 0) is 56.6 Å². The lowest BCUT2D eigenvalue weighted by Gasteiger charge is -2.27. The van der Waals surface area contributed by atoms with E-state index in [2.05, 4.69) is 23.3 Å². The lowest BCUT2D eigenvalue weighted by molar-refractivity contribution is 0.234. The van der Waals surface area contributed by atoms with Gasteiger partial charge in [-0.15, -0.1) is 12.4 Å². The Labute approximate surface area is 133 Å². The quantitative estimate of drug-likeness (QED) is 0.902. The molecular weight excluding hydrogens is 295 g/mol. The van der Waals surface area contributed by atoms with Gasteiger partial charge in [0.1, 0.15) is 5.75 Å². The molecule has 1 N–H and O–H groups in total. The molecule has 0 unspecified atom stereocenters. The molecule has 0 amide bonds. The van der Waals surface area contributed by atoms with E-state index in [1.165, 1.54) is 18.4 Å². The Morgan fingerprint density at radius 3 is 2.65 bits per heavy atom. The number of ether oxygens (including phenoxy) is 1. The number of rotatable bonds is 5. The molecule has 0 aromatic heterocycles. The smallest absolute Gasteiger partial charge is 0.137 e. The summed E-state index contributed by atoms with van der Waals surface area (Å²) in [6, 6.07) is 6.03. The molecule has 1 aromatic carbocycles. The van der Waals surface area contributed by atoms with Gasteiger partial charge in [0.2, 0.25) is 0 Å². The fourth-order valence-corrected chi connectivity index (χ4v) is 2.97. The number of halogens is 2. The van der Waals surface area contributed by atoms with Gasteiger partial charge >= 0.3 is 0 Å². The molecule has 1 aliphatic rings. The summed E-state index contributed by atoms with van der Waals surface area (Å²) in [5.74, 6) is 1.56. The average molecular weight is 319 g/mol. The van der Waals surface area contributed by atoms with Crippen molar-refractivity contribution in [2.45, 2.75) is 19.4 Å². The highest BCUT2D eigenvalue weighted by atomic mass is 35.5. The molecule has 0 spiro atoms. The highest BCUT2D eigenvalue weighted by Gasteiger charge is 2.15. The topological polar surface area (TPSA) is 24.5 Å². The minimum atomic E-state index is 0. The fourth-order valence-electron chi connectivity index (χ4n) is 2.69. The van der Waals surface area contributed by atoms with E-state index >= 15 is 0 Å². The zero-order valence-corrected chi connectivity index (χ0v) is 13.8. The van der Waals surface area contributed by atoms with Gasteiger partial charge in [0.15, 0.2) is 0 Å². The van der Waals surface area contributed by atoms with Crippen molar-refractivity contribution in [3.63, 3.8) is 0 Å². The second kappa shape index (κ2) is 8.73. The molecule has 1 fully saturated rings. The first-order chi connectivity index (χ1) is 9.19. The van der Waals surface area contributed by atoms with Crippen LogP contribution >= 0.6 is 24.0 Å². The van der Waals surface area contributed by atoms with Gasteiger partial charge in [0.25, 0.3) is 0 Å².